The lowest BCUT2D eigenvalue weighted by atomic mass is 9.84. The molecule has 0 aliphatic carbocycles. The molecular formula is C19H14N4O2. The van der Waals surface area contributed by atoms with E-state index in [2.05, 4.69) is 11.1 Å². The minimum absolute atomic E-state index is 0.0160. The summed E-state index contributed by atoms with van der Waals surface area (Å²) in [4.78, 5) is 17.2. The molecule has 2 N–H and O–H groups in total. The molecule has 2 aromatic heterocycles. The van der Waals surface area contributed by atoms with E-state index in [9.17, 15) is 10.1 Å². The van der Waals surface area contributed by atoms with Crippen molar-refractivity contribution in [1.29, 1.82) is 5.26 Å². The van der Waals surface area contributed by atoms with Crippen LogP contribution in [0.5, 0.6) is 5.75 Å². The number of nitrogens with two attached hydrogens (primary N) is 1. The summed E-state index contributed by atoms with van der Waals surface area (Å²) in [5, 5.41) is 10.4. The van der Waals surface area contributed by atoms with Gasteiger partial charge < -0.3 is 15.0 Å². The predicted octanol–water partition coefficient (Wildman–Crippen LogP) is 2.15. The Hall–Kier alpha value is -3.59. The molecule has 1 aliphatic heterocycles. The molecule has 3 heterocycles. The standard InChI is InChI=1S/C19H14N4O2/c1-23-14-7-3-2-6-12(14)17-16(19(23)24)15(11-5-4-8-22-10-11)13(9-20)18(21)25-17/h2-8,10,15H,21H2,1H3. The normalized spacial score (nSPS) is 16.2. The number of hydrogen-bond donors (Lipinski definition) is 1. The Kier molecular flexibility index (Phi) is 3.29. The summed E-state index contributed by atoms with van der Waals surface area (Å²) in [7, 11) is 1.71. The van der Waals surface area contributed by atoms with Crippen LogP contribution in [-0.4, -0.2) is 9.55 Å². The van der Waals surface area contributed by atoms with Crippen LogP contribution in [0.2, 0.25) is 0 Å². The summed E-state index contributed by atoms with van der Waals surface area (Å²) >= 11 is 0. The molecular weight excluding hydrogens is 316 g/mol. The van der Waals surface area contributed by atoms with Crippen molar-refractivity contribution in [2.24, 2.45) is 12.8 Å². The van der Waals surface area contributed by atoms with Gasteiger partial charge in [-0.3, -0.25) is 9.78 Å². The largest absolute Gasteiger partial charge is 0.439 e. The third-order valence-corrected chi connectivity index (χ3v) is 4.48. The topological polar surface area (TPSA) is 93.9 Å². The third-order valence-electron chi connectivity index (χ3n) is 4.48. The maximum Gasteiger partial charge on any atom is 0.258 e. The number of allylic oxidation sites excluding steroid dienone is 1. The van der Waals surface area contributed by atoms with Crippen LogP contribution in [0, 0.1) is 11.3 Å². The zero-order chi connectivity index (χ0) is 17.6. The number of para-hydroxylation sites is 1. The lowest BCUT2D eigenvalue weighted by Crippen LogP contribution is -2.31. The van der Waals surface area contributed by atoms with Gasteiger partial charge in [0.15, 0.2) is 0 Å². The quantitative estimate of drug-likeness (QED) is 0.738. The highest BCUT2D eigenvalue weighted by Gasteiger charge is 2.35. The number of fused-ring (bicyclic) bond motifs is 3. The Morgan fingerprint density at radius 3 is 2.80 bits per heavy atom. The van der Waals surface area contributed by atoms with Gasteiger partial charge in [0, 0.05) is 24.8 Å². The molecule has 0 saturated heterocycles. The molecule has 4 rings (SSSR count). The van der Waals surface area contributed by atoms with Crippen LogP contribution in [0.3, 0.4) is 0 Å². The average Bonchev–Trinajstić information content (AvgIpc) is 2.66. The van der Waals surface area contributed by atoms with Crippen molar-refractivity contribution in [1.82, 2.24) is 9.55 Å². The van der Waals surface area contributed by atoms with Crippen LogP contribution in [0.1, 0.15) is 17.0 Å². The molecule has 0 amide bonds. The highest BCUT2D eigenvalue weighted by Crippen LogP contribution is 2.42. The number of aromatic nitrogens is 2. The van der Waals surface area contributed by atoms with Gasteiger partial charge in [-0.05, 0) is 23.8 Å². The van der Waals surface area contributed by atoms with Gasteiger partial charge in [-0.25, -0.2) is 0 Å². The van der Waals surface area contributed by atoms with E-state index < -0.39 is 5.92 Å². The first-order valence-electron chi connectivity index (χ1n) is 7.72. The monoisotopic (exact) mass is 330 g/mol. The average molecular weight is 330 g/mol. The summed E-state index contributed by atoms with van der Waals surface area (Å²) in [6.45, 7) is 0. The first-order valence-corrected chi connectivity index (χ1v) is 7.72. The maximum absolute atomic E-state index is 13.1. The lowest BCUT2D eigenvalue weighted by molar-refractivity contribution is 0.396. The minimum Gasteiger partial charge on any atom is -0.439 e. The summed E-state index contributed by atoms with van der Waals surface area (Å²) < 4.78 is 7.30. The van der Waals surface area contributed by atoms with Crippen LogP contribution in [0.4, 0.5) is 0 Å². The summed E-state index contributed by atoms with van der Waals surface area (Å²) in [5.41, 5.74) is 7.88. The second kappa shape index (κ2) is 5.49. The smallest absolute Gasteiger partial charge is 0.258 e. The predicted molar refractivity (Wildman–Crippen MR) is 92.7 cm³/mol. The van der Waals surface area contributed by atoms with E-state index in [4.69, 9.17) is 10.5 Å². The molecule has 0 spiro atoms. The van der Waals surface area contributed by atoms with Gasteiger partial charge >= 0.3 is 0 Å². The molecule has 0 radical (unpaired) electrons. The molecule has 0 saturated carbocycles. The number of pyridine rings is 2. The highest BCUT2D eigenvalue weighted by atomic mass is 16.5. The van der Waals surface area contributed by atoms with Crippen molar-refractivity contribution < 1.29 is 4.74 Å². The fraction of sp³-hybridized carbons (Fsp3) is 0.105. The first kappa shape index (κ1) is 15.0. The second-order valence-corrected chi connectivity index (χ2v) is 5.84. The zero-order valence-corrected chi connectivity index (χ0v) is 13.4. The molecule has 1 aliphatic rings. The molecule has 6 nitrogen and oxygen atoms in total. The molecule has 1 unspecified atom stereocenters. The summed E-state index contributed by atoms with van der Waals surface area (Å²) in [6.07, 6.45) is 3.28. The molecule has 6 heteroatoms. The van der Waals surface area contributed by atoms with Crippen molar-refractivity contribution in [3.8, 4) is 11.8 Å². The van der Waals surface area contributed by atoms with Crippen LogP contribution >= 0.6 is 0 Å². The van der Waals surface area contributed by atoms with E-state index in [0.29, 0.717) is 11.3 Å². The van der Waals surface area contributed by atoms with Crippen molar-refractivity contribution in [3.05, 3.63) is 81.7 Å². The van der Waals surface area contributed by atoms with Crippen LogP contribution in [0.25, 0.3) is 10.9 Å². The van der Waals surface area contributed by atoms with Gasteiger partial charge in [0.2, 0.25) is 5.88 Å². The van der Waals surface area contributed by atoms with Gasteiger partial charge in [0.1, 0.15) is 17.4 Å². The Bertz CT molecular complexity index is 1120. The molecule has 3 aromatic rings. The van der Waals surface area contributed by atoms with E-state index in [1.807, 2.05) is 30.3 Å². The maximum atomic E-state index is 13.1. The molecule has 0 fully saturated rings. The Morgan fingerprint density at radius 2 is 2.08 bits per heavy atom. The zero-order valence-electron chi connectivity index (χ0n) is 13.4. The van der Waals surface area contributed by atoms with E-state index in [0.717, 1.165) is 16.5 Å². The fourth-order valence-corrected chi connectivity index (χ4v) is 3.31. The Labute approximate surface area is 143 Å². The van der Waals surface area contributed by atoms with Crippen molar-refractivity contribution in [2.45, 2.75) is 5.92 Å². The fourth-order valence-electron chi connectivity index (χ4n) is 3.31. The number of nitrogens with zero attached hydrogens (tertiary/aromatic N) is 3. The van der Waals surface area contributed by atoms with Crippen LogP contribution < -0.4 is 16.0 Å². The number of nitriles is 1. The van der Waals surface area contributed by atoms with Gasteiger partial charge in [-0.2, -0.15) is 5.26 Å². The van der Waals surface area contributed by atoms with E-state index >= 15 is 0 Å². The second-order valence-electron chi connectivity index (χ2n) is 5.84. The minimum atomic E-state index is -0.606. The molecule has 0 bridgehead atoms. The summed E-state index contributed by atoms with van der Waals surface area (Å²) in [6, 6.07) is 13.1. The number of hydrogen-bond acceptors (Lipinski definition) is 5. The van der Waals surface area contributed by atoms with Crippen LogP contribution in [0.15, 0.2) is 65.0 Å². The van der Waals surface area contributed by atoms with Crippen molar-refractivity contribution in [2.75, 3.05) is 0 Å². The molecule has 1 atom stereocenters. The lowest BCUT2D eigenvalue weighted by Gasteiger charge is -2.27. The Balaban J connectivity index is 2.15. The summed E-state index contributed by atoms with van der Waals surface area (Å²) in [5.74, 6) is -0.183. The van der Waals surface area contributed by atoms with Gasteiger partial charge in [-0.15, -0.1) is 0 Å². The van der Waals surface area contributed by atoms with Crippen LogP contribution in [-0.2, 0) is 7.05 Å². The molecule has 122 valence electrons. The Morgan fingerprint density at radius 1 is 1.28 bits per heavy atom. The number of aryl methyl sites for hydroxylation is 1. The van der Waals surface area contributed by atoms with E-state index in [1.165, 1.54) is 0 Å². The van der Waals surface area contributed by atoms with Gasteiger partial charge in [-0.1, -0.05) is 18.2 Å². The number of rotatable bonds is 1. The molecule has 25 heavy (non-hydrogen) atoms. The van der Waals surface area contributed by atoms with E-state index in [-0.39, 0.29) is 17.0 Å². The van der Waals surface area contributed by atoms with Crippen molar-refractivity contribution >= 4 is 10.9 Å². The SMILES string of the molecule is Cn1c(=O)c2c(c3ccccc31)OC(N)=C(C#N)C2c1cccnc1. The van der Waals surface area contributed by atoms with E-state index in [1.54, 1.807) is 30.1 Å². The number of benzene rings is 1. The van der Waals surface area contributed by atoms with Crippen molar-refractivity contribution in [3.63, 3.8) is 0 Å². The van der Waals surface area contributed by atoms with Gasteiger partial charge in [0.25, 0.3) is 5.56 Å². The number of ether oxygens (including phenoxy) is 1. The highest BCUT2D eigenvalue weighted by molar-refractivity contribution is 5.88. The third kappa shape index (κ3) is 2.10. The molecule has 1 aromatic carbocycles. The first-order chi connectivity index (χ1) is 12.1. The van der Waals surface area contributed by atoms with Gasteiger partial charge in [0.05, 0.1) is 17.0 Å².